The molecule has 8 N–H and O–H groups in total. The Bertz CT molecular complexity index is 389. The van der Waals surface area contributed by atoms with Gasteiger partial charge in [0, 0.05) is 0 Å². The molecule has 0 aromatic heterocycles. The van der Waals surface area contributed by atoms with E-state index in [0.717, 1.165) is 6.42 Å². The second-order valence-corrected chi connectivity index (χ2v) is 5.19. The first-order valence-corrected chi connectivity index (χ1v) is 7.18. The van der Waals surface area contributed by atoms with E-state index in [-0.39, 0.29) is 0 Å². The largest absolute Gasteiger partial charge is 0.480 e. The summed E-state index contributed by atoms with van der Waals surface area (Å²) < 4.78 is 0. The van der Waals surface area contributed by atoms with Gasteiger partial charge in [-0.2, -0.15) is 0 Å². The average molecular weight is 318 g/mol. The first-order valence-electron chi connectivity index (χ1n) is 7.18. The van der Waals surface area contributed by atoms with E-state index < -0.39 is 42.0 Å². The van der Waals surface area contributed by atoms with Crippen molar-refractivity contribution in [3.8, 4) is 0 Å². The van der Waals surface area contributed by atoms with E-state index in [0.29, 0.717) is 19.4 Å². The molecular weight excluding hydrogens is 292 g/mol. The molecule has 0 spiro atoms. The lowest BCUT2D eigenvalue weighted by Gasteiger charge is -2.21. The van der Waals surface area contributed by atoms with Gasteiger partial charge in [0.2, 0.25) is 11.8 Å². The number of aliphatic carboxylic acids is 1. The molecule has 2 amide bonds. The molecule has 0 aliphatic rings. The highest BCUT2D eigenvalue weighted by Gasteiger charge is 2.28. The lowest BCUT2D eigenvalue weighted by Crippen LogP contribution is -2.55. The number of carboxylic acids is 1. The summed E-state index contributed by atoms with van der Waals surface area (Å²) in [7, 11) is 0. The van der Waals surface area contributed by atoms with Crippen molar-refractivity contribution < 1.29 is 24.6 Å². The van der Waals surface area contributed by atoms with Gasteiger partial charge in [-0.3, -0.25) is 9.59 Å². The van der Waals surface area contributed by atoms with Crippen LogP contribution in [0.4, 0.5) is 0 Å². The van der Waals surface area contributed by atoms with Crippen molar-refractivity contribution in [2.75, 3.05) is 6.54 Å². The monoisotopic (exact) mass is 318 g/mol. The van der Waals surface area contributed by atoms with Gasteiger partial charge in [0.15, 0.2) is 6.04 Å². The maximum Gasteiger partial charge on any atom is 0.328 e. The van der Waals surface area contributed by atoms with E-state index >= 15 is 0 Å². The molecule has 0 aromatic rings. The molecule has 9 heteroatoms. The van der Waals surface area contributed by atoms with Gasteiger partial charge in [0.05, 0.1) is 12.1 Å². The van der Waals surface area contributed by atoms with Gasteiger partial charge in [0.25, 0.3) is 0 Å². The topological polar surface area (TPSA) is 168 Å². The second kappa shape index (κ2) is 10.1. The lowest BCUT2D eigenvalue weighted by molar-refractivity contribution is -0.145. The Morgan fingerprint density at radius 2 is 1.68 bits per heavy atom. The molecule has 0 aromatic carbocycles. The minimum atomic E-state index is -1.44. The molecular formula is C13H26N4O5. The molecule has 0 saturated heterocycles. The maximum atomic E-state index is 11.8. The molecule has 9 nitrogen and oxygen atoms in total. The van der Waals surface area contributed by atoms with Crippen LogP contribution in [0.15, 0.2) is 0 Å². The number of aliphatic hydroxyl groups excluding tert-OH is 1. The quantitative estimate of drug-likeness (QED) is 0.251. The van der Waals surface area contributed by atoms with E-state index in [4.69, 9.17) is 16.6 Å². The molecule has 0 radical (unpaired) electrons. The normalized spacial score (nSPS) is 16.2. The Morgan fingerprint density at radius 3 is 2.14 bits per heavy atom. The number of carbonyl (C=O) groups excluding carboxylic acids is 2. The van der Waals surface area contributed by atoms with Crippen LogP contribution in [0.1, 0.15) is 33.1 Å². The summed E-state index contributed by atoms with van der Waals surface area (Å²) in [6, 6.07) is -3.16. The molecule has 4 unspecified atom stereocenters. The summed E-state index contributed by atoms with van der Waals surface area (Å²) in [5.74, 6) is -2.57. The van der Waals surface area contributed by atoms with Gasteiger partial charge in [-0.1, -0.05) is 6.42 Å². The summed E-state index contributed by atoms with van der Waals surface area (Å²) in [4.78, 5) is 34.5. The van der Waals surface area contributed by atoms with Crippen molar-refractivity contribution in [3.05, 3.63) is 0 Å². The van der Waals surface area contributed by atoms with Gasteiger partial charge >= 0.3 is 5.97 Å². The summed E-state index contributed by atoms with van der Waals surface area (Å²) in [5, 5.41) is 22.7. The minimum Gasteiger partial charge on any atom is -0.480 e. The Hall–Kier alpha value is -1.71. The number of amides is 2. The highest BCUT2D eigenvalue weighted by molar-refractivity contribution is 5.91. The summed E-state index contributed by atoms with van der Waals surface area (Å²) >= 11 is 0. The third-order valence-electron chi connectivity index (χ3n) is 3.10. The summed E-state index contributed by atoms with van der Waals surface area (Å²) in [5.41, 5.74) is 11.0. The zero-order chi connectivity index (χ0) is 17.3. The molecule has 0 bridgehead atoms. The fraction of sp³-hybridized carbons (Fsp3) is 0.769. The van der Waals surface area contributed by atoms with Crippen LogP contribution in [0, 0.1) is 0 Å². The van der Waals surface area contributed by atoms with Crippen molar-refractivity contribution in [1.82, 2.24) is 10.6 Å². The number of unbranched alkanes of at least 4 members (excludes halogenated alkanes) is 1. The molecule has 0 saturated carbocycles. The van der Waals surface area contributed by atoms with E-state index in [1.807, 2.05) is 0 Å². The third-order valence-corrected chi connectivity index (χ3v) is 3.10. The van der Waals surface area contributed by atoms with E-state index in [9.17, 15) is 19.5 Å². The van der Waals surface area contributed by atoms with Crippen molar-refractivity contribution >= 4 is 17.8 Å². The molecule has 22 heavy (non-hydrogen) atoms. The Labute approximate surface area is 129 Å². The molecule has 0 rings (SSSR count). The summed E-state index contributed by atoms with van der Waals surface area (Å²) in [6.45, 7) is 3.17. The number of nitrogens with two attached hydrogens (primary N) is 2. The Balaban J connectivity index is 4.39. The molecule has 0 fully saturated rings. The highest BCUT2D eigenvalue weighted by atomic mass is 16.4. The third kappa shape index (κ3) is 7.34. The van der Waals surface area contributed by atoms with Crippen LogP contribution in [0.5, 0.6) is 0 Å². The fourth-order valence-corrected chi connectivity index (χ4v) is 1.69. The molecule has 0 aliphatic heterocycles. The first-order chi connectivity index (χ1) is 10.2. The van der Waals surface area contributed by atoms with Crippen molar-refractivity contribution in [3.63, 3.8) is 0 Å². The second-order valence-electron chi connectivity index (χ2n) is 5.19. The number of carboxylic acid groups (broad SMARTS) is 1. The average Bonchev–Trinajstić information content (AvgIpc) is 2.43. The van der Waals surface area contributed by atoms with Crippen molar-refractivity contribution in [1.29, 1.82) is 0 Å². The van der Waals surface area contributed by atoms with Crippen LogP contribution in [0.2, 0.25) is 0 Å². The number of carbonyl (C=O) groups is 3. The first kappa shape index (κ1) is 20.3. The van der Waals surface area contributed by atoms with Gasteiger partial charge in [0.1, 0.15) is 6.04 Å². The number of aliphatic hydroxyl groups is 1. The van der Waals surface area contributed by atoms with Crippen LogP contribution in [0.25, 0.3) is 0 Å². The summed E-state index contributed by atoms with van der Waals surface area (Å²) in [6.07, 6.45) is 0.645. The smallest absolute Gasteiger partial charge is 0.328 e. The van der Waals surface area contributed by atoms with Crippen molar-refractivity contribution in [2.45, 2.75) is 57.3 Å². The van der Waals surface area contributed by atoms with Crippen LogP contribution >= 0.6 is 0 Å². The van der Waals surface area contributed by atoms with E-state index in [1.165, 1.54) is 13.8 Å². The molecule has 0 aliphatic carbocycles. The standard InChI is InChI=1S/C13H26N4O5/c1-7(11(19)17-10(8(2)18)13(21)22)16-12(20)9(15)5-3-4-6-14/h7-10,18H,3-6,14-15H2,1-2H3,(H,16,20)(H,17,19)(H,21,22). The Kier molecular flexibility index (Phi) is 9.31. The molecule has 128 valence electrons. The predicted molar refractivity (Wildman–Crippen MR) is 79.7 cm³/mol. The molecule has 0 heterocycles. The number of hydrogen-bond acceptors (Lipinski definition) is 6. The van der Waals surface area contributed by atoms with Crippen molar-refractivity contribution in [2.24, 2.45) is 11.5 Å². The van der Waals surface area contributed by atoms with Gasteiger partial charge in [-0.05, 0) is 33.2 Å². The Morgan fingerprint density at radius 1 is 1.09 bits per heavy atom. The van der Waals surface area contributed by atoms with Gasteiger partial charge in [-0.15, -0.1) is 0 Å². The highest BCUT2D eigenvalue weighted by Crippen LogP contribution is 1.99. The van der Waals surface area contributed by atoms with Gasteiger partial charge in [-0.25, -0.2) is 4.79 Å². The zero-order valence-corrected chi connectivity index (χ0v) is 12.9. The van der Waals surface area contributed by atoms with Crippen LogP contribution < -0.4 is 22.1 Å². The number of hydrogen-bond donors (Lipinski definition) is 6. The van der Waals surface area contributed by atoms with Crippen LogP contribution in [-0.4, -0.2) is 58.8 Å². The van der Waals surface area contributed by atoms with Crippen LogP contribution in [0.3, 0.4) is 0 Å². The lowest BCUT2D eigenvalue weighted by atomic mass is 10.1. The predicted octanol–water partition coefficient (Wildman–Crippen LogP) is -2.10. The van der Waals surface area contributed by atoms with Crippen LogP contribution in [-0.2, 0) is 14.4 Å². The maximum absolute atomic E-state index is 11.8. The molecule has 4 atom stereocenters. The van der Waals surface area contributed by atoms with E-state index in [2.05, 4.69) is 10.6 Å². The minimum absolute atomic E-state index is 0.447. The van der Waals surface area contributed by atoms with E-state index in [1.54, 1.807) is 0 Å². The SMILES string of the molecule is CC(NC(=O)C(N)CCCCN)C(=O)NC(C(=O)O)C(C)O. The number of rotatable bonds is 10. The van der Waals surface area contributed by atoms with Gasteiger partial charge < -0.3 is 32.3 Å². The fourth-order valence-electron chi connectivity index (χ4n) is 1.69. The number of nitrogens with one attached hydrogen (secondary N) is 2. The zero-order valence-electron chi connectivity index (χ0n) is 12.9.